The molecule has 68 heavy (non-hydrogen) atoms. The predicted molar refractivity (Wildman–Crippen MR) is 257 cm³/mol. The molecule has 0 radical (unpaired) electrons. The number of rotatable bonds is 14. The molecule has 4 aliphatic rings. The lowest BCUT2D eigenvalue weighted by Crippen LogP contribution is -2.45. The van der Waals surface area contributed by atoms with Crippen LogP contribution in [0.15, 0.2) is 80.6 Å². The van der Waals surface area contributed by atoms with Crippen LogP contribution in [-0.4, -0.2) is 101 Å². The minimum atomic E-state index is -3.98. The third-order valence-electron chi connectivity index (χ3n) is 13.0. The van der Waals surface area contributed by atoms with Crippen LogP contribution in [0, 0.1) is 11.8 Å². The van der Waals surface area contributed by atoms with Crippen molar-refractivity contribution in [1.82, 2.24) is 40.5 Å². The Balaban J connectivity index is 0.000000254. The molecule has 20 heteroatoms. The van der Waals surface area contributed by atoms with Gasteiger partial charge in [-0.25, -0.2) is 45.5 Å². The van der Waals surface area contributed by atoms with Crippen molar-refractivity contribution in [1.29, 1.82) is 0 Å². The van der Waals surface area contributed by atoms with E-state index in [9.17, 15) is 45.6 Å². The first-order chi connectivity index (χ1) is 32.2. The SMILES string of the molecule is CCC1=C(C)CN(C(=O)NCCc2ccc(S(=O)(=O)NC(=O)NC3CCC(C)CC3)cc2)C1=O.CCC1=C(C)CN(C(=O)NCCc2ccc(S(=O)(=O)NC(=O)NC3CCC(C)CC3)cc2)C1=O. The Hall–Kier alpha value is -5.76. The average Bonchev–Trinajstić information content (AvgIpc) is 3.76. The van der Waals surface area contributed by atoms with Crippen molar-refractivity contribution >= 4 is 56.0 Å². The van der Waals surface area contributed by atoms with E-state index in [-0.39, 0.29) is 33.7 Å². The van der Waals surface area contributed by atoms with Gasteiger partial charge in [-0.2, -0.15) is 0 Å². The van der Waals surface area contributed by atoms with Crippen molar-refractivity contribution in [2.75, 3.05) is 26.2 Å². The van der Waals surface area contributed by atoms with E-state index in [0.29, 0.717) is 74.8 Å². The normalized spacial score (nSPS) is 20.9. The quantitative estimate of drug-likeness (QED) is 0.126. The smallest absolute Gasteiger partial charge is 0.328 e. The van der Waals surface area contributed by atoms with E-state index >= 15 is 0 Å². The molecule has 18 nitrogen and oxygen atoms in total. The summed E-state index contributed by atoms with van der Waals surface area (Å²) in [6.07, 6.45) is 9.60. The standard InChI is InChI=1S/2C24H34N4O5S/c2*1-4-21-17(3)15-28(22(21)29)24(31)25-14-13-18-7-11-20(12-8-18)34(32,33)27-23(30)26-19-9-5-16(2)6-10-19/h2*7-8,11-12,16,19H,4-6,9-10,13-15H2,1-3H3,(H,25,31)(H2,26,27,30). The van der Waals surface area contributed by atoms with Gasteiger partial charge < -0.3 is 21.3 Å². The molecule has 2 aliphatic carbocycles. The molecule has 0 spiro atoms. The summed E-state index contributed by atoms with van der Waals surface area (Å²) in [5.74, 6) is 0.771. The van der Waals surface area contributed by atoms with Crippen LogP contribution in [0.4, 0.5) is 19.2 Å². The third kappa shape index (κ3) is 14.6. The van der Waals surface area contributed by atoms with Crippen LogP contribution in [-0.2, 0) is 42.5 Å². The van der Waals surface area contributed by atoms with Gasteiger partial charge in [0.15, 0.2) is 0 Å². The molecule has 0 aromatic heterocycles. The van der Waals surface area contributed by atoms with Gasteiger partial charge in [0.25, 0.3) is 31.9 Å². The summed E-state index contributed by atoms with van der Waals surface area (Å²) < 4.78 is 54.3. The van der Waals surface area contributed by atoms with Crippen LogP contribution >= 0.6 is 0 Å². The fourth-order valence-electron chi connectivity index (χ4n) is 8.82. The number of hydrogen-bond donors (Lipinski definition) is 6. The molecule has 2 aromatic carbocycles. The van der Waals surface area contributed by atoms with E-state index in [1.807, 2.05) is 27.7 Å². The summed E-state index contributed by atoms with van der Waals surface area (Å²) in [5, 5.41) is 11.0. The maximum atomic E-state index is 12.5. The van der Waals surface area contributed by atoms with Crippen molar-refractivity contribution in [2.24, 2.45) is 11.8 Å². The van der Waals surface area contributed by atoms with Crippen LogP contribution < -0.4 is 30.7 Å². The Morgan fingerprint density at radius 3 is 1.16 bits per heavy atom. The highest BCUT2D eigenvalue weighted by Crippen LogP contribution is 2.26. The Morgan fingerprint density at radius 1 is 0.544 bits per heavy atom. The zero-order valence-electron chi connectivity index (χ0n) is 40.0. The van der Waals surface area contributed by atoms with Gasteiger partial charge in [0.1, 0.15) is 0 Å². The first-order valence-corrected chi connectivity index (χ1v) is 26.6. The van der Waals surface area contributed by atoms with E-state index in [4.69, 9.17) is 0 Å². The first kappa shape index (κ1) is 53.2. The highest BCUT2D eigenvalue weighted by atomic mass is 32.2. The monoisotopic (exact) mass is 980 g/mol. The topological polar surface area (TPSA) is 249 Å². The third-order valence-corrected chi connectivity index (χ3v) is 15.7. The van der Waals surface area contributed by atoms with Crippen molar-refractivity contribution in [3.63, 3.8) is 0 Å². The van der Waals surface area contributed by atoms with Crippen molar-refractivity contribution in [2.45, 2.75) is 140 Å². The summed E-state index contributed by atoms with van der Waals surface area (Å²) in [6, 6.07) is 9.99. The molecule has 0 saturated heterocycles. The summed E-state index contributed by atoms with van der Waals surface area (Å²) >= 11 is 0. The first-order valence-electron chi connectivity index (χ1n) is 23.6. The van der Waals surface area contributed by atoms with Crippen LogP contribution in [0.5, 0.6) is 0 Å². The molecular formula is C48H68N8O10S2. The Morgan fingerprint density at radius 2 is 0.868 bits per heavy atom. The second-order valence-electron chi connectivity index (χ2n) is 18.3. The molecule has 0 unspecified atom stereocenters. The molecule has 2 fully saturated rings. The molecule has 2 saturated carbocycles. The lowest BCUT2D eigenvalue weighted by atomic mass is 9.87. The molecule has 372 valence electrons. The van der Waals surface area contributed by atoms with E-state index in [1.165, 1.54) is 34.1 Å². The van der Waals surface area contributed by atoms with Gasteiger partial charge in [-0.15, -0.1) is 0 Å². The molecule has 2 aliphatic heterocycles. The van der Waals surface area contributed by atoms with Gasteiger partial charge in [0.2, 0.25) is 0 Å². The molecule has 6 N–H and O–H groups in total. The summed E-state index contributed by atoms with van der Waals surface area (Å²) in [5.41, 5.74) is 4.82. The maximum absolute atomic E-state index is 12.5. The summed E-state index contributed by atoms with van der Waals surface area (Å²) in [7, 11) is -7.97. The van der Waals surface area contributed by atoms with Crippen molar-refractivity contribution < 1.29 is 45.6 Å². The van der Waals surface area contributed by atoms with E-state index in [1.54, 1.807) is 24.3 Å². The Kier molecular flexibility index (Phi) is 18.8. The average molecular weight is 981 g/mol. The maximum Gasteiger partial charge on any atom is 0.328 e. The molecular weight excluding hydrogens is 913 g/mol. The number of nitrogens with one attached hydrogen (secondary N) is 6. The number of benzene rings is 2. The fourth-order valence-corrected chi connectivity index (χ4v) is 10.7. The number of carbonyl (C=O) groups excluding carboxylic acids is 6. The zero-order valence-corrected chi connectivity index (χ0v) is 41.7. The number of imide groups is 2. The number of nitrogens with zero attached hydrogens (tertiary/aromatic N) is 2. The Bertz CT molecular complexity index is 2290. The lowest BCUT2D eigenvalue weighted by molar-refractivity contribution is -0.123. The number of amides is 10. The highest BCUT2D eigenvalue weighted by molar-refractivity contribution is 7.90. The van der Waals surface area contributed by atoms with Gasteiger partial charge in [-0.1, -0.05) is 52.0 Å². The zero-order chi connectivity index (χ0) is 49.8. The number of urea groups is 4. The summed E-state index contributed by atoms with van der Waals surface area (Å²) in [6.45, 7) is 13.1. The number of carbonyl (C=O) groups is 6. The largest absolute Gasteiger partial charge is 0.337 e. The van der Waals surface area contributed by atoms with Crippen LogP contribution in [0.2, 0.25) is 0 Å². The van der Waals surface area contributed by atoms with Gasteiger partial charge in [0, 0.05) is 36.3 Å². The second-order valence-corrected chi connectivity index (χ2v) is 21.7. The van der Waals surface area contributed by atoms with E-state index in [0.717, 1.165) is 73.6 Å². The van der Waals surface area contributed by atoms with Gasteiger partial charge in [-0.05, 0) is 149 Å². The number of sulfonamides is 2. The molecule has 10 amide bonds. The van der Waals surface area contributed by atoms with Gasteiger partial charge in [-0.3, -0.25) is 19.4 Å². The molecule has 6 rings (SSSR count). The highest BCUT2D eigenvalue weighted by Gasteiger charge is 2.33. The summed E-state index contributed by atoms with van der Waals surface area (Å²) in [4.78, 5) is 76.0. The van der Waals surface area contributed by atoms with Crippen molar-refractivity contribution in [3.8, 4) is 0 Å². The van der Waals surface area contributed by atoms with Gasteiger partial charge in [0.05, 0.1) is 22.9 Å². The fraction of sp³-hybridized carbons (Fsp3) is 0.542. The predicted octanol–water partition coefficient (Wildman–Crippen LogP) is 6.15. The number of hydrogen-bond acceptors (Lipinski definition) is 10. The molecule has 0 atom stereocenters. The molecule has 2 heterocycles. The molecule has 2 aromatic rings. The minimum Gasteiger partial charge on any atom is -0.337 e. The van der Waals surface area contributed by atoms with Crippen LogP contribution in [0.1, 0.15) is 117 Å². The lowest BCUT2D eigenvalue weighted by Gasteiger charge is -2.26. The Labute approximate surface area is 401 Å². The van der Waals surface area contributed by atoms with E-state index < -0.39 is 44.2 Å². The minimum absolute atomic E-state index is 0.00639. The van der Waals surface area contributed by atoms with Crippen molar-refractivity contribution in [3.05, 3.63) is 82.0 Å². The van der Waals surface area contributed by atoms with Crippen LogP contribution in [0.25, 0.3) is 0 Å². The van der Waals surface area contributed by atoms with Gasteiger partial charge >= 0.3 is 24.1 Å². The van der Waals surface area contributed by atoms with E-state index in [2.05, 4.69) is 44.6 Å². The van der Waals surface area contributed by atoms with Crippen LogP contribution in [0.3, 0.4) is 0 Å². The molecule has 0 bridgehead atoms. The second kappa shape index (κ2) is 24.0.